The van der Waals surface area contributed by atoms with Crippen molar-refractivity contribution in [3.63, 3.8) is 0 Å². The number of nitrogens with one attached hydrogen (secondary N) is 1. The third-order valence-corrected chi connectivity index (χ3v) is 1.32. The molecule has 64 valence electrons. The molecule has 0 saturated heterocycles. The van der Waals surface area contributed by atoms with Gasteiger partial charge in [0.05, 0.1) is 11.3 Å². The molecular formula is C10H14N2. The maximum absolute atomic E-state index is 8.56. The zero-order valence-corrected chi connectivity index (χ0v) is 7.76. The van der Waals surface area contributed by atoms with E-state index >= 15 is 0 Å². The van der Waals surface area contributed by atoms with Gasteiger partial charge in [0.1, 0.15) is 6.07 Å². The number of rotatable bonds is 1. The van der Waals surface area contributed by atoms with Crippen LogP contribution in [0.5, 0.6) is 0 Å². The molecule has 0 amide bonds. The monoisotopic (exact) mass is 162 g/mol. The molecule has 0 aliphatic rings. The fourth-order valence-corrected chi connectivity index (χ4v) is 0.799. The molecule has 12 heavy (non-hydrogen) atoms. The third-order valence-electron chi connectivity index (χ3n) is 1.32. The normalized spacial score (nSPS) is 7.50. The van der Waals surface area contributed by atoms with Gasteiger partial charge in [-0.05, 0) is 12.1 Å². The molecule has 0 unspecified atom stereocenters. The van der Waals surface area contributed by atoms with E-state index in [1.165, 1.54) is 0 Å². The highest BCUT2D eigenvalue weighted by atomic mass is 14.8. The van der Waals surface area contributed by atoms with Gasteiger partial charge in [-0.3, -0.25) is 0 Å². The first-order chi connectivity index (χ1) is 5.88. The largest absolute Gasteiger partial charge is 0.387 e. The number of benzene rings is 1. The molecule has 0 aromatic heterocycles. The summed E-state index contributed by atoms with van der Waals surface area (Å²) >= 11 is 0. The zero-order valence-electron chi connectivity index (χ0n) is 7.76. The molecule has 0 fully saturated rings. The number of hydrogen-bond donors (Lipinski definition) is 1. The lowest BCUT2D eigenvalue weighted by Gasteiger charge is -1.99. The maximum Gasteiger partial charge on any atom is 0.101 e. The van der Waals surface area contributed by atoms with Crippen molar-refractivity contribution in [1.82, 2.24) is 0 Å². The van der Waals surface area contributed by atoms with Crippen molar-refractivity contribution in [3.8, 4) is 6.07 Å². The summed E-state index contributed by atoms with van der Waals surface area (Å²) in [5.41, 5.74) is 1.56. The van der Waals surface area contributed by atoms with Crippen LogP contribution >= 0.6 is 0 Å². The van der Waals surface area contributed by atoms with Crippen molar-refractivity contribution in [2.45, 2.75) is 13.8 Å². The van der Waals surface area contributed by atoms with Crippen molar-refractivity contribution in [2.75, 3.05) is 12.4 Å². The van der Waals surface area contributed by atoms with Crippen molar-refractivity contribution in [1.29, 1.82) is 5.26 Å². The van der Waals surface area contributed by atoms with Crippen LogP contribution in [0.25, 0.3) is 0 Å². The Morgan fingerprint density at radius 3 is 2.25 bits per heavy atom. The molecule has 1 aromatic carbocycles. The quantitative estimate of drug-likeness (QED) is 0.689. The molecule has 1 N–H and O–H groups in total. The van der Waals surface area contributed by atoms with Crippen LogP contribution in [0, 0.1) is 11.3 Å². The van der Waals surface area contributed by atoms with E-state index in [0.717, 1.165) is 5.69 Å². The van der Waals surface area contributed by atoms with E-state index < -0.39 is 0 Å². The van der Waals surface area contributed by atoms with Crippen LogP contribution in [0.1, 0.15) is 19.4 Å². The molecule has 0 atom stereocenters. The Kier molecular flexibility index (Phi) is 5.46. The number of para-hydroxylation sites is 1. The average Bonchev–Trinajstić information content (AvgIpc) is 2.20. The van der Waals surface area contributed by atoms with Crippen molar-refractivity contribution >= 4 is 5.69 Å². The Bertz CT molecular complexity index is 261. The Labute approximate surface area is 73.8 Å². The molecule has 2 heteroatoms. The van der Waals surface area contributed by atoms with E-state index in [-0.39, 0.29) is 0 Å². The summed E-state index contributed by atoms with van der Waals surface area (Å²) in [4.78, 5) is 0. The SMILES string of the molecule is CC.CNc1ccccc1C#N. The molecular weight excluding hydrogens is 148 g/mol. The molecule has 0 spiro atoms. The second-order valence-corrected chi connectivity index (χ2v) is 1.91. The molecule has 0 saturated carbocycles. The lowest BCUT2D eigenvalue weighted by Crippen LogP contribution is -1.90. The van der Waals surface area contributed by atoms with E-state index in [1.807, 2.05) is 32.0 Å². The Balaban J connectivity index is 0.000000561. The molecule has 2 nitrogen and oxygen atoms in total. The smallest absolute Gasteiger partial charge is 0.101 e. The van der Waals surface area contributed by atoms with Gasteiger partial charge in [0, 0.05) is 7.05 Å². The molecule has 1 aromatic rings. The summed E-state index contributed by atoms with van der Waals surface area (Å²) in [6, 6.07) is 9.48. The fourth-order valence-electron chi connectivity index (χ4n) is 0.799. The van der Waals surface area contributed by atoms with Gasteiger partial charge < -0.3 is 5.32 Å². The summed E-state index contributed by atoms with van der Waals surface area (Å²) in [6.07, 6.45) is 0. The molecule has 0 aliphatic carbocycles. The minimum atomic E-state index is 0.685. The fraction of sp³-hybridized carbons (Fsp3) is 0.300. The Morgan fingerprint density at radius 2 is 1.83 bits per heavy atom. The molecule has 0 bridgehead atoms. The maximum atomic E-state index is 8.56. The molecule has 0 heterocycles. The van der Waals surface area contributed by atoms with Crippen LogP contribution in [0.3, 0.4) is 0 Å². The molecule has 0 aliphatic heterocycles. The summed E-state index contributed by atoms with van der Waals surface area (Å²) in [6.45, 7) is 4.00. The van der Waals surface area contributed by atoms with E-state index in [0.29, 0.717) is 5.56 Å². The van der Waals surface area contributed by atoms with Gasteiger partial charge in [-0.15, -0.1) is 0 Å². The van der Waals surface area contributed by atoms with Crippen molar-refractivity contribution in [3.05, 3.63) is 29.8 Å². The van der Waals surface area contributed by atoms with Gasteiger partial charge in [0.25, 0.3) is 0 Å². The van der Waals surface area contributed by atoms with E-state index in [2.05, 4.69) is 11.4 Å². The highest BCUT2D eigenvalue weighted by Crippen LogP contribution is 2.11. The second-order valence-electron chi connectivity index (χ2n) is 1.91. The lowest BCUT2D eigenvalue weighted by atomic mass is 10.2. The van der Waals surface area contributed by atoms with E-state index in [4.69, 9.17) is 5.26 Å². The topological polar surface area (TPSA) is 35.8 Å². The Morgan fingerprint density at radius 1 is 1.25 bits per heavy atom. The predicted molar refractivity (Wildman–Crippen MR) is 52.1 cm³/mol. The summed E-state index contributed by atoms with van der Waals surface area (Å²) < 4.78 is 0. The van der Waals surface area contributed by atoms with Crippen LogP contribution in [0.4, 0.5) is 5.69 Å². The van der Waals surface area contributed by atoms with E-state index in [1.54, 1.807) is 13.1 Å². The summed E-state index contributed by atoms with van der Waals surface area (Å²) in [5, 5.41) is 11.5. The lowest BCUT2D eigenvalue weighted by molar-refractivity contribution is 1.44. The van der Waals surface area contributed by atoms with Crippen LogP contribution in [-0.4, -0.2) is 7.05 Å². The summed E-state index contributed by atoms with van der Waals surface area (Å²) in [7, 11) is 1.80. The van der Waals surface area contributed by atoms with Crippen LogP contribution < -0.4 is 5.32 Å². The van der Waals surface area contributed by atoms with Gasteiger partial charge in [-0.25, -0.2) is 0 Å². The highest BCUT2D eigenvalue weighted by molar-refractivity contribution is 5.56. The van der Waals surface area contributed by atoms with Crippen LogP contribution in [0.15, 0.2) is 24.3 Å². The Hall–Kier alpha value is -1.49. The number of anilines is 1. The standard InChI is InChI=1S/C8H8N2.C2H6/c1-10-8-5-3-2-4-7(8)6-9;1-2/h2-5,10H,1H3;1-2H3. The average molecular weight is 162 g/mol. The van der Waals surface area contributed by atoms with Crippen LogP contribution in [-0.2, 0) is 0 Å². The minimum Gasteiger partial charge on any atom is -0.387 e. The van der Waals surface area contributed by atoms with Gasteiger partial charge >= 0.3 is 0 Å². The second kappa shape index (κ2) is 6.23. The first-order valence-corrected chi connectivity index (χ1v) is 4.05. The zero-order chi connectivity index (χ0) is 9.40. The van der Waals surface area contributed by atoms with Crippen molar-refractivity contribution in [2.24, 2.45) is 0 Å². The molecule has 0 radical (unpaired) electrons. The number of nitriles is 1. The molecule has 1 rings (SSSR count). The number of nitrogens with zero attached hydrogens (tertiary/aromatic N) is 1. The minimum absolute atomic E-state index is 0.685. The van der Waals surface area contributed by atoms with E-state index in [9.17, 15) is 0 Å². The first kappa shape index (κ1) is 10.5. The first-order valence-electron chi connectivity index (χ1n) is 4.05. The predicted octanol–water partition coefficient (Wildman–Crippen LogP) is 2.63. The number of hydrogen-bond acceptors (Lipinski definition) is 2. The van der Waals surface area contributed by atoms with Gasteiger partial charge in [0.2, 0.25) is 0 Å². The van der Waals surface area contributed by atoms with Crippen LogP contribution in [0.2, 0.25) is 0 Å². The highest BCUT2D eigenvalue weighted by Gasteiger charge is 1.94. The summed E-state index contributed by atoms with van der Waals surface area (Å²) in [5.74, 6) is 0. The third kappa shape index (κ3) is 2.63. The van der Waals surface area contributed by atoms with Gasteiger partial charge in [0.15, 0.2) is 0 Å². The van der Waals surface area contributed by atoms with Crippen molar-refractivity contribution < 1.29 is 0 Å². The van der Waals surface area contributed by atoms with Gasteiger partial charge in [-0.2, -0.15) is 5.26 Å². The van der Waals surface area contributed by atoms with Gasteiger partial charge in [-0.1, -0.05) is 26.0 Å².